The van der Waals surface area contributed by atoms with E-state index in [1.165, 1.54) is 0 Å². The zero-order valence-electron chi connectivity index (χ0n) is 13.1. The number of nitrogens with zero attached hydrogens (tertiary/aromatic N) is 2. The highest BCUT2D eigenvalue weighted by Gasteiger charge is 2.32. The first-order valence-corrected chi connectivity index (χ1v) is 8.30. The summed E-state index contributed by atoms with van der Waals surface area (Å²) in [5, 5.41) is 7.08. The van der Waals surface area contributed by atoms with Crippen molar-refractivity contribution in [3.63, 3.8) is 0 Å². The van der Waals surface area contributed by atoms with Crippen LogP contribution in [0, 0.1) is 5.92 Å². The minimum Gasteiger partial charge on any atom is -0.492 e. The lowest BCUT2D eigenvalue weighted by Gasteiger charge is -2.35. The van der Waals surface area contributed by atoms with Crippen molar-refractivity contribution in [1.29, 1.82) is 0 Å². The van der Waals surface area contributed by atoms with Crippen LogP contribution < -0.4 is 4.74 Å². The molecule has 1 saturated heterocycles. The Morgan fingerprint density at radius 2 is 2.22 bits per heavy atom. The Kier molecular flexibility index (Phi) is 3.77. The number of nitrogens with one attached hydrogen (secondary N) is 1. The third kappa shape index (κ3) is 2.83. The van der Waals surface area contributed by atoms with Crippen molar-refractivity contribution in [2.75, 3.05) is 19.7 Å². The number of carbonyl (C=O) groups excluding carboxylic acids is 1. The van der Waals surface area contributed by atoms with Crippen LogP contribution in [-0.4, -0.2) is 40.7 Å². The van der Waals surface area contributed by atoms with Gasteiger partial charge in [-0.05, 0) is 37.0 Å². The molecule has 2 aliphatic rings. The van der Waals surface area contributed by atoms with Gasteiger partial charge in [0, 0.05) is 30.9 Å². The van der Waals surface area contributed by atoms with E-state index in [9.17, 15) is 4.79 Å². The molecule has 0 saturated carbocycles. The lowest BCUT2D eigenvalue weighted by atomic mass is 9.91. The average Bonchev–Trinajstić information content (AvgIpc) is 3.15. The largest absolute Gasteiger partial charge is 0.492 e. The van der Waals surface area contributed by atoms with Crippen LogP contribution in [0.1, 0.15) is 30.0 Å². The van der Waals surface area contributed by atoms with Crippen LogP contribution in [0.5, 0.6) is 5.75 Å². The summed E-state index contributed by atoms with van der Waals surface area (Å²) >= 11 is 0. The number of benzene rings is 1. The molecule has 23 heavy (non-hydrogen) atoms. The standard InChI is InChI=1S/C18H21N3O2/c22-18(15-10-13-4-1-2-6-17(13)23-12-15)21-9-3-5-14(11-21)16-7-8-19-20-16/h1-2,4,6-8,14-15H,3,5,9-12H2,(H,19,20)/t14-,15+/m1/s1. The number of hydrogen-bond acceptors (Lipinski definition) is 3. The van der Waals surface area contributed by atoms with Crippen molar-refractivity contribution >= 4 is 5.91 Å². The smallest absolute Gasteiger partial charge is 0.229 e. The quantitative estimate of drug-likeness (QED) is 0.926. The Labute approximate surface area is 135 Å². The molecule has 0 unspecified atom stereocenters. The number of H-pyrrole nitrogens is 1. The maximum absolute atomic E-state index is 12.9. The number of para-hydroxylation sites is 1. The van der Waals surface area contributed by atoms with Gasteiger partial charge in [0.25, 0.3) is 0 Å². The Morgan fingerprint density at radius 3 is 3.09 bits per heavy atom. The molecule has 1 aromatic carbocycles. The molecule has 0 aliphatic carbocycles. The topological polar surface area (TPSA) is 58.2 Å². The average molecular weight is 311 g/mol. The molecule has 2 atom stereocenters. The molecule has 2 aliphatic heterocycles. The summed E-state index contributed by atoms with van der Waals surface area (Å²) in [4.78, 5) is 14.9. The van der Waals surface area contributed by atoms with Gasteiger partial charge in [0.2, 0.25) is 5.91 Å². The summed E-state index contributed by atoms with van der Waals surface area (Å²) in [6.45, 7) is 2.11. The molecule has 5 nitrogen and oxygen atoms in total. The van der Waals surface area contributed by atoms with E-state index in [1.54, 1.807) is 6.20 Å². The van der Waals surface area contributed by atoms with Gasteiger partial charge >= 0.3 is 0 Å². The number of piperidine rings is 1. The molecule has 0 bridgehead atoms. The van der Waals surface area contributed by atoms with Gasteiger partial charge in [-0.2, -0.15) is 5.10 Å². The normalized spacial score (nSPS) is 23.9. The Morgan fingerprint density at radius 1 is 1.30 bits per heavy atom. The lowest BCUT2D eigenvalue weighted by molar-refractivity contribution is -0.138. The highest BCUT2D eigenvalue weighted by Crippen LogP contribution is 2.30. The van der Waals surface area contributed by atoms with E-state index in [-0.39, 0.29) is 11.8 Å². The van der Waals surface area contributed by atoms with E-state index in [4.69, 9.17) is 4.74 Å². The third-order valence-electron chi connectivity index (χ3n) is 4.92. The fraction of sp³-hybridized carbons (Fsp3) is 0.444. The van der Waals surface area contributed by atoms with Crippen molar-refractivity contribution in [3.05, 3.63) is 47.8 Å². The first-order chi connectivity index (χ1) is 11.3. The Bertz CT molecular complexity index is 683. The number of carbonyl (C=O) groups is 1. The first-order valence-electron chi connectivity index (χ1n) is 8.30. The number of amides is 1. The molecule has 5 heteroatoms. The SMILES string of the molecule is O=C([C@@H]1COc2ccccc2C1)N1CCC[C@@H](c2ccn[nH]2)C1. The van der Waals surface area contributed by atoms with Gasteiger partial charge in [-0.25, -0.2) is 0 Å². The molecular weight excluding hydrogens is 290 g/mol. The van der Waals surface area contributed by atoms with Crippen LogP contribution in [-0.2, 0) is 11.2 Å². The minimum absolute atomic E-state index is 0.0644. The number of aromatic amines is 1. The molecule has 2 aromatic rings. The summed E-state index contributed by atoms with van der Waals surface area (Å²) in [5.41, 5.74) is 2.27. The van der Waals surface area contributed by atoms with E-state index >= 15 is 0 Å². The molecule has 120 valence electrons. The molecule has 1 fully saturated rings. The third-order valence-corrected chi connectivity index (χ3v) is 4.92. The van der Waals surface area contributed by atoms with Crippen molar-refractivity contribution in [2.45, 2.75) is 25.2 Å². The predicted molar refractivity (Wildman–Crippen MR) is 86.3 cm³/mol. The fourth-order valence-corrected chi connectivity index (χ4v) is 3.67. The van der Waals surface area contributed by atoms with E-state index in [0.29, 0.717) is 12.5 Å². The van der Waals surface area contributed by atoms with Crippen LogP contribution in [0.4, 0.5) is 0 Å². The lowest BCUT2D eigenvalue weighted by Crippen LogP contribution is -2.45. The molecule has 1 amide bonds. The summed E-state index contributed by atoms with van der Waals surface area (Å²) in [6.07, 6.45) is 4.71. The number of likely N-dealkylation sites (tertiary alicyclic amines) is 1. The maximum atomic E-state index is 12.9. The Balaban J connectivity index is 1.45. The zero-order chi connectivity index (χ0) is 15.6. The van der Waals surface area contributed by atoms with Crippen LogP contribution in [0.25, 0.3) is 0 Å². The van der Waals surface area contributed by atoms with E-state index in [1.807, 2.05) is 29.2 Å². The van der Waals surface area contributed by atoms with Crippen LogP contribution in [0.3, 0.4) is 0 Å². The van der Waals surface area contributed by atoms with E-state index < -0.39 is 0 Å². The molecule has 0 spiro atoms. The van der Waals surface area contributed by atoms with Gasteiger partial charge in [0.1, 0.15) is 12.4 Å². The highest BCUT2D eigenvalue weighted by atomic mass is 16.5. The second kappa shape index (κ2) is 6.07. The van der Waals surface area contributed by atoms with Crippen molar-refractivity contribution in [2.24, 2.45) is 5.92 Å². The molecule has 3 heterocycles. The number of aromatic nitrogens is 2. The van der Waals surface area contributed by atoms with Crippen LogP contribution in [0.15, 0.2) is 36.5 Å². The number of fused-ring (bicyclic) bond motifs is 1. The molecule has 1 aromatic heterocycles. The van der Waals surface area contributed by atoms with Gasteiger partial charge in [0.15, 0.2) is 0 Å². The number of ether oxygens (including phenoxy) is 1. The second-order valence-electron chi connectivity index (χ2n) is 6.46. The number of hydrogen-bond donors (Lipinski definition) is 1. The van der Waals surface area contributed by atoms with Crippen molar-refractivity contribution in [1.82, 2.24) is 15.1 Å². The first kappa shape index (κ1) is 14.3. The minimum atomic E-state index is -0.0644. The molecule has 1 N–H and O–H groups in total. The second-order valence-corrected chi connectivity index (χ2v) is 6.46. The van der Waals surface area contributed by atoms with Crippen LogP contribution in [0.2, 0.25) is 0 Å². The van der Waals surface area contributed by atoms with Crippen LogP contribution >= 0.6 is 0 Å². The van der Waals surface area contributed by atoms with E-state index in [0.717, 1.165) is 49.4 Å². The van der Waals surface area contributed by atoms with Gasteiger partial charge in [-0.15, -0.1) is 0 Å². The summed E-state index contributed by atoms with van der Waals surface area (Å²) in [7, 11) is 0. The monoisotopic (exact) mass is 311 g/mol. The molecule has 0 radical (unpaired) electrons. The molecule has 4 rings (SSSR count). The number of rotatable bonds is 2. The van der Waals surface area contributed by atoms with Gasteiger partial charge in [0.05, 0.1) is 5.92 Å². The van der Waals surface area contributed by atoms with Crippen molar-refractivity contribution in [3.8, 4) is 5.75 Å². The van der Waals surface area contributed by atoms with Gasteiger partial charge in [-0.1, -0.05) is 18.2 Å². The summed E-state index contributed by atoms with van der Waals surface area (Å²) in [6, 6.07) is 10.0. The Hall–Kier alpha value is -2.30. The zero-order valence-corrected chi connectivity index (χ0v) is 13.1. The van der Waals surface area contributed by atoms with Crippen molar-refractivity contribution < 1.29 is 9.53 Å². The summed E-state index contributed by atoms with van der Waals surface area (Å²) < 4.78 is 5.78. The van der Waals surface area contributed by atoms with Gasteiger partial charge in [-0.3, -0.25) is 9.89 Å². The van der Waals surface area contributed by atoms with Gasteiger partial charge < -0.3 is 9.64 Å². The summed E-state index contributed by atoms with van der Waals surface area (Å²) in [5.74, 6) is 1.45. The maximum Gasteiger partial charge on any atom is 0.229 e. The fourth-order valence-electron chi connectivity index (χ4n) is 3.67. The van der Waals surface area contributed by atoms with E-state index in [2.05, 4.69) is 16.3 Å². The molecular formula is C18H21N3O2. The highest BCUT2D eigenvalue weighted by molar-refractivity contribution is 5.80. The predicted octanol–water partition coefficient (Wildman–Crippen LogP) is 2.37.